The van der Waals surface area contributed by atoms with Gasteiger partial charge in [0.1, 0.15) is 5.70 Å². The molecule has 1 atom stereocenters. The van der Waals surface area contributed by atoms with Crippen molar-refractivity contribution in [2.75, 3.05) is 0 Å². The highest BCUT2D eigenvalue weighted by atomic mass is 35.5. The molecule has 0 bridgehead atoms. The molecule has 2 aromatic rings. The topological polar surface area (TPSA) is 95.7 Å². The lowest BCUT2D eigenvalue weighted by molar-refractivity contribution is -0.123. The Bertz CT molecular complexity index is 1060. The predicted octanol–water partition coefficient (Wildman–Crippen LogP) is 2.65. The third kappa shape index (κ3) is 3.94. The second kappa shape index (κ2) is 6.78. The molecule has 3 rings (SSSR count). The van der Waals surface area contributed by atoms with Gasteiger partial charge in [-0.2, -0.15) is 8.42 Å². The summed E-state index contributed by atoms with van der Waals surface area (Å²) in [6.45, 7) is 0. The van der Waals surface area contributed by atoms with E-state index in [4.69, 9.17) is 30.4 Å². The van der Waals surface area contributed by atoms with Crippen molar-refractivity contribution < 1.29 is 26.2 Å². The predicted molar refractivity (Wildman–Crippen MR) is 91.6 cm³/mol. The molecule has 6 nitrogen and oxygen atoms in total. The lowest BCUT2D eigenvalue weighted by atomic mass is 10.1. The van der Waals surface area contributed by atoms with E-state index in [-0.39, 0.29) is 11.1 Å². The van der Waals surface area contributed by atoms with Crippen LogP contribution in [0.4, 0.5) is 0 Å². The van der Waals surface area contributed by atoms with Crippen LogP contribution in [0, 0.1) is 0 Å². The summed E-state index contributed by atoms with van der Waals surface area (Å²) in [7, 11) is -5.01. The Balaban J connectivity index is 1.93. The van der Waals surface area contributed by atoms with Crippen LogP contribution in [0.1, 0.15) is 21.3 Å². The minimum atomic E-state index is -5.01. The smallest absolute Gasteiger partial charge is 0.313 e. The normalized spacial score (nSPS) is 22.8. The molecule has 1 aliphatic heterocycles. The van der Waals surface area contributed by atoms with Gasteiger partial charge in [0, 0.05) is 10.6 Å². The lowest BCUT2D eigenvalue weighted by Crippen LogP contribution is -2.16. The van der Waals surface area contributed by atoms with E-state index in [0.717, 1.165) is 0 Å². The Morgan fingerprint density at radius 2 is 1.84 bits per heavy atom. The van der Waals surface area contributed by atoms with Crippen molar-refractivity contribution in [1.29, 1.82) is 0 Å². The third-order valence-corrected chi connectivity index (χ3v) is 4.29. The quantitative estimate of drug-likeness (QED) is 0.798. The number of rotatable bonds is 5. The van der Waals surface area contributed by atoms with Gasteiger partial charge in [-0.1, -0.05) is 54.1 Å². The third-order valence-electron chi connectivity index (χ3n) is 3.16. The second-order valence-corrected chi connectivity index (χ2v) is 6.68. The van der Waals surface area contributed by atoms with Crippen LogP contribution in [-0.4, -0.2) is 14.2 Å². The number of carbonyl (C=O) groups is 1. The van der Waals surface area contributed by atoms with Crippen LogP contribution >= 0.6 is 11.6 Å². The van der Waals surface area contributed by atoms with Gasteiger partial charge in [0.05, 0.1) is 4.11 Å². The molecular formula is C17H14ClNO5S. The highest BCUT2D eigenvalue weighted by Gasteiger charge is 2.39. The first-order valence-electron chi connectivity index (χ1n) is 8.48. The Kier molecular flexibility index (Phi) is 3.73. The molecule has 25 heavy (non-hydrogen) atoms. The van der Waals surface area contributed by atoms with E-state index in [1.54, 1.807) is 6.07 Å². The van der Waals surface area contributed by atoms with E-state index < -0.39 is 39.3 Å². The van der Waals surface area contributed by atoms with E-state index in [2.05, 4.69) is 0 Å². The van der Waals surface area contributed by atoms with E-state index >= 15 is 0 Å². The molecule has 0 fully saturated rings. The van der Waals surface area contributed by atoms with Crippen LogP contribution in [0.2, 0.25) is 5.02 Å². The molecule has 0 amide bonds. The van der Waals surface area contributed by atoms with E-state index in [9.17, 15) is 13.2 Å². The van der Waals surface area contributed by atoms with Gasteiger partial charge < -0.3 is 14.7 Å². The van der Waals surface area contributed by atoms with Crippen LogP contribution in [0.3, 0.4) is 0 Å². The molecule has 2 aromatic carbocycles. The first-order chi connectivity index (χ1) is 13.0. The first kappa shape index (κ1) is 13.7. The minimum Gasteiger partial charge on any atom is -0.460 e. The Labute approximate surface area is 154 Å². The number of hydrogen-bond donors (Lipinski definition) is 1. The number of ether oxygens (including phenoxy) is 1. The average Bonchev–Trinajstić information content (AvgIpc) is 2.86. The number of carbonyl (C=O) groups excluding carboxylic acids is 1. The van der Waals surface area contributed by atoms with Crippen LogP contribution in [0.25, 0.3) is 0 Å². The number of halogens is 1. The summed E-state index contributed by atoms with van der Waals surface area (Å²) >= 11 is 5.79. The SMILES string of the molecule is [2H]C([2H])(c1ccccc1)S(=O)(=O)OC1=C(N)O[C@@]([2H])(c2ccc(Cl)cc2)C1=O. The van der Waals surface area contributed by atoms with E-state index in [1.165, 1.54) is 48.5 Å². The Hall–Kier alpha value is -2.51. The summed E-state index contributed by atoms with van der Waals surface area (Å²) in [4.78, 5) is 12.7. The highest BCUT2D eigenvalue weighted by molar-refractivity contribution is 7.86. The van der Waals surface area contributed by atoms with Crippen LogP contribution < -0.4 is 5.73 Å². The molecule has 0 saturated carbocycles. The fraction of sp³-hybridized carbons (Fsp3) is 0.118. The van der Waals surface area contributed by atoms with Gasteiger partial charge in [0.25, 0.3) is 0 Å². The maximum absolute atomic E-state index is 12.7. The van der Waals surface area contributed by atoms with Gasteiger partial charge in [-0.25, -0.2) is 0 Å². The standard InChI is InChI=1S/C17H14ClNO5S/c18-13-8-6-12(7-9-13)15-14(20)16(17(19)23-15)24-25(21,22)10-11-4-2-1-3-5-11/h1-9,15H,10,19H2/t15-/m0/s1/i10D2,15D. The van der Waals surface area contributed by atoms with Crippen LogP contribution in [0.15, 0.2) is 66.2 Å². The number of ketones is 1. The maximum atomic E-state index is 12.7. The maximum Gasteiger partial charge on any atom is 0.313 e. The average molecular weight is 383 g/mol. The first-order valence-corrected chi connectivity index (χ1v) is 8.77. The summed E-state index contributed by atoms with van der Waals surface area (Å²) in [5.41, 5.74) is 2.45. The molecular weight excluding hydrogens is 366 g/mol. The number of hydrogen-bond acceptors (Lipinski definition) is 6. The lowest BCUT2D eigenvalue weighted by Gasteiger charge is -2.10. The largest absolute Gasteiger partial charge is 0.460 e. The number of benzene rings is 2. The summed E-state index contributed by atoms with van der Waals surface area (Å²) in [5, 5.41) is 0.355. The number of Topliss-reactive ketones (excluding diaryl/α,β-unsaturated/α-hetero) is 1. The molecule has 1 heterocycles. The van der Waals surface area contributed by atoms with Gasteiger partial charge >= 0.3 is 10.1 Å². The van der Waals surface area contributed by atoms with Crippen molar-refractivity contribution in [2.45, 2.75) is 11.8 Å². The van der Waals surface area contributed by atoms with Crippen molar-refractivity contribution in [2.24, 2.45) is 5.73 Å². The van der Waals surface area contributed by atoms with Gasteiger partial charge in [-0.15, -0.1) is 0 Å². The van der Waals surface area contributed by atoms with Gasteiger partial charge in [-0.3, -0.25) is 4.79 Å². The fourth-order valence-electron chi connectivity index (χ4n) is 2.07. The van der Waals surface area contributed by atoms with Gasteiger partial charge in [0.15, 0.2) is 6.08 Å². The molecule has 0 aromatic heterocycles. The molecule has 0 unspecified atom stereocenters. The highest BCUT2D eigenvalue weighted by Crippen LogP contribution is 2.33. The number of nitrogens with two attached hydrogens (primary N) is 1. The summed E-state index contributed by atoms with van der Waals surface area (Å²) < 4.78 is 59.0. The summed E-state index contributed by atoms with van der Waals surface area (Å²) in [6, 6.07) is 12.5. The molecule has 8 heteroatoms. The van der Waals surface area contributed by atoms with Crippen LogP contribution in [-0.2, 0) is 29.5 Å². The van der Waals surface area contributed by atoms with E-state index in [1.807, 2.05) is 0 Å². The van der Waals surface area contributed by atoms with Gasteiger partial charge in [-0.05, 0) is 17.7 Å². The molecule has 0 saturated heterocycles. The molecule has 1 aliphatic rings. The molecule has 130 valence electrons. The van der Waals surface area contributed by atoms with Crippen molar-refractivity contribution in [3.8, 4) is 0 Å². The monoisotopic (exact) mass is 382 g/mol. The molecule has 2 N–H and O–H groups in total. The Morgan fingerprint density at radius 3 is 2.48 bits per heavy atom. The second-order valence-electron chi connectivity index (χ2n) is 4.97. The summed E-state index contributed by atoms with van der Waals surface area (Å²) in [6.07, 6.45) is -2.38. The Morgan fingerprint density at radius 1 is 1.20 bits per heavy atom. The van der Waals surface area contributed by atoms with Crippen molar-refractivity contribution >= 4 is 27.5 Å². The van der Waals surface area contributed by atoms with Crippen LogP contribution in [0.5, 0.6) is 0 Å². The zero-order valence-corrected chi connectivity index (χ0v) is 14.2. The zero-order chi connectivity index (χ0) is 20.7. The zero-order valence-electron chi connectivity index (χ0n) is 15.6. The molecule has 0 radical (unpaired) electrons. The fourth-order valence-corrected chi connectivity index (χ4v) is 3.04. The van der Waals surface area contributed by atoms with E-state index in [0.29, 0.717) is 5.02 Å². The summed E-state index contributed by atoms with van der Waals surface area (Å²) in [5.74, 6) is -2.87. The van der Waals surface area contributed by atoms with Crippen molar-refractivity contribution in [3.63, 3.8) is 0 Å². The minimum absolute atomic E-state index is 0.0481. The molecule has 0 aliphatic carbocycles. The molecule has 0 spiro atoms. The van der Waals surface area contributed by atoms with Crippen molar-refractivity contribution in [1.82, 2.24) is 0 Å². The van der Waals surface area contributed by atoms with Crippen molar-refractivity contribution in [3.05, 3.63) is 82.4 Å². The van der Waals surface area contributed by atoms with Gasteiger partial charge in [0.2, 0.25) is 17.4 Å².